The van der Waals surface area contributed by atoms with Crippen LogP contribution < -0.4 is 9.97 Å². The molecule has 0 N–H and O–H groups in total. The number of benzene rings is 4. The topological polar surface area (TPSA) is 264 Å². The van der Waals surface area contributed by atoms with E-state index in [1.54, 1.807) is 24.3 Å². The molecular formula is C76H84N4O16Pt. The molecule has 0 atom stereocenters. The minimum atomic E-state index is -0.778. The first-order chi connectivity index (χ1) is 46.6. The van der Waals surface area contributed by atoms with Crippen LogP contribution in [0.4, 0.5) is 0 Å². The Morgan fingerprint density at radius 2 is 0.412 bits per heavy atom. The van der Waals surface area contributed by atoms with Crippen LogP contribution in [0.1, 0.15) is 241 Å². The first-order valence-corrected chi connectivity index (χ1v) is 33.9. The van der Waals surface area contributed by atoms with Gasteiger partial charge in [-0.1, -0.05) is 107 Å². The zero-order valence-corrected chi connectivity index (χ0v) is 58.8. The van der Waals surface area contributed by atoms with Gasteiger partial charge in [-0.2, -0.15) is 0 Å². The fourth-order valence-electron chi connectivity index (χ4n) is 10.9. The van der Waals surface area contributed by atoms with Crippen LogP contribution in [0.3, 0.4) is 0 Å². The number of aromatic nitrogens is 4. The number of ether oxygens (including phenoxy) is 8. The van der Waals surface area contributed by atoms with E-state index in [1.165, 1.54) is 48.5 Å². The number of esters is 8. The number of hydrogen-bond donors (Lipinski definition) is 0. The van der Waals surface area contributed by atoms with E-state index in [4.69, 9.17) is 57.8 Å². The summed E-state index contributed by atoms with van der Waals surface area (Å²) in [4.78, 5) is 136. The van der Waals surface area contributed by atoms with Crippen molar-refractivity contribution >= 4 is 91.4 Å². The summed E-state index contributed by atoms with van der Waals surface area (Å²) >= 11 is 0. The molecule has 7 aromatic rings. The van der Waals surface area contributed by atoms with Gasteiger partial charge in [0.25, 0.3) is 0 Å². The summed E-state index contributed by atoms with van der Waals surface area (Å²) in [7, 11) is 0. The third-order valence-corrected chi connectivity index (χ3v) is 16.5. The molecule has 0 fully saturated rings. The predicted octanol–water partition coefficient (Wildman–Crippen LogP) is 16.2. The summed E-state index contributed by atoms with van der Waals surface area (Å²) < 4.78 is 46.4. The summed E-state index contributed by atoms with van der Waals surface area (Å²) in [6.07, 6.45) is 10.3. The first-order valence-electron chi connectivity index (χ1n) is 33.9. The van der Waals surface area contributed by atoms with Crippen LogP contribution in [0, 0.1) is 0 Å². The van der Waals surface area contributed by atoms with Crippen molar-refractivity contribution in [3.05, 3.63) is 117 Å². The minimum absolute atomic E-state index is 0. The maximum absolute atomic E-state index is 14.4. The van der Waals surface area contributed by atoms with Crippen molar-refractivity contribution in [2.45, 2.75) is 158 Å². The van der Waals surface area contributed by atoms with Crippen molar-refractivity contribution in [3.63, 3.8) is 0 Å². The normalized spacial score (nSPS) is 11.3. The second kappa shape index (κ2) is 35.3. The second-order valence-electron chi connectivity index (χ2n) is 23.8. The number of carbonyl (C=O) groups excluding carboxylic acids is 8. The van der Waals surface area contributed by atoms with E-state index < -0.39 is 47.8 Å². The summed E-state index contributed by atoms with van der Waals surface area (Å²) in [6.45, 7) is 16.2. The quantitative estimate of drug-likeness (QED) is 0.0215. The summed E-state index contributed by atoms with van der Waals surface area (Å²) in [5.74, 6) is -6.22. The summed E-state index contributed by atoms with van der Waals surface area (Å²) in [6, 6.07) is 18.8. The van der Waals surface area contributed by atoms with Crippen LogP contribution in [0.2, 0.25) is 0 Å². The van der Waals surface area contributed by atoms with Crippen molar-refractivity contribution in [1.29, 1.82) is 0 Å². The molecule has 0 amide bonds. The smallest absolute Gasteiger partial charge is 0.657 e. The number of unbranched alkanes of at least 4 members (excludes halogenated alkanes) is 8. The molecule has 0 spiro atoms. The Labute approximate surface area is 578 Å². The van der Waals surface area contributed by atoms with Gasteiger partial charge in [0.15, 0.2) is 0 Å². The van der Waals surface area contributed by atoms with Gasteiger partial charge in [0.2, 0.25) is 0 Å². The van der Waals surface area contributed by atoms with Crippen LogP contribution >= 0.6 is 0 Å². The van der Waals surface area contributed by atoms with Gasteiger partial charge in [0.05, 0.1) is 120 Å². The monoisotopic (exact) mass is 1500 g/mol. The number of fused-ring (bicyclic) bond motifs is 20. The molecule has 5 heterocycles. The zero-order chi connectivity index (χ0) is 68.4. The molecule has 0 radical (unpaired) electrons. The molecule has 2 aliphatic rings. The van der Waals surface area contributed by atoms with E-state index in [0.717, 1.165) is 51.4 Å². The van der Waals surface area contributed by atoms with Gasteiger partial charge in [0, 0.05) is 22.3 Å². The van der Waals surface area contributed by atoms with Gasteiger partial charge in [0.1, 0.15) is 0 Å². The number of carbonyl (C=O) groups is 8. The average molecular weight is 1500 g/mol. The number of hydrogen-bond acceptors (Lipinski definition) is 18. The third kappa shape index (κ3) is 17.2. The average Bonchev–Trinajstić information content (AvgIpc) is 1.64. The Kier molecular flexibility index (Phi) is 26.8. The molecule has 0 unspecified atom stereocenters. The molecule has 97 heavy (non-hydrogen) atoms. The fraction of sp³-hybridized carbons (Fsp3) is 0.421. The molecule has 20 nitrogen and oxygen atoms in total. The van der Waals surface area contributed by atoms with Crippen LogP contribution in [-0.4, -0.2) is 111 Å². The van der Waals surface area contributed by atoms with Crippen LogP contribution in [0.15, 0.2) is 72.8 Å². The van der Waals surface area contributed by atoms with Gasteiger partial charge in [-0.3, -0.25) is 0 Å². The van der Waals surface area contributed by atoms with Gasteiger partial charge in [-0.05, 0) is 146 Å². The predicted molar refractivity (Wildman–Crippen MR) is 364 cm³/mol. The maximum atomic E-state index is 14.4. The Bertz CT molecular complexity index is 3750. The Balaban J connectivity index is 0.0000120. The van der Waals surface area contributed by atoms with E-state index in [0.29, 0.717) is 95.2 Å². The zero-order valence-electron chi connectivity index (χ0n) is 56.5. The SMILES string of the molecule is CCCCOC(=O)c1cc2c(cc1C(=O)OCCCC)-c1cc3[n-]c(cc4nc(cc5[n-]c(cc-2n1)c1cc(C(=O)OCCCC)c(C(=O)OCCCC)cc51)-c1cc(C(=O)OCCCC)c(C(=O)OCCCC)cc1-4)c1cc(C(=O)OCCCC)c(C(=O)OCCCC)cc31.[Pt+2]. The van der Waals surface area contributed by atoms with Crippen molar-refractivity contribution in [3.8, 4) is 45.0 Å². The molecule has 8 bridgehead atoms. The second-order valence-corrected chi connectivity index (χ2v) is 23.8. The fourth-order valence-corrected chi connectivity index (χ4v) is 10.9. The van der Waals surface area contributed by atoms with Crippen LogP contribution in [0.5, 0.6) is 0 Å². The Morgan fingerprint density at radius 3 is 0.567 bits per heavy atom. The Morgan fingerprint density at radius 1 is 0.258 bits per heavy atom. The van der Waals surface area contributed by atoms with Gasteiger partial charge in [-0.15, -0.1) is 22.1 Å². The molecule has 0 aliphatic carbocycles. The van der Waals surface area contributed by atoms with E-state index in [2.05, 4.69) is 0 Å². The third-order valence-electron chi connectivity index (χ3n) is 16.5. The van der Waals surface area contributed by atoms with E-state index in [-0.39, 0.29) is 163 Å². The minimum Gasteiger partial charge on any atom is -0.657 e. The molecule has 0 saturated heterocycles. The first kappa shape index (κ1) is 73.8. The molecule has 4 aromatic carbocycles. The van der Waals surface area contributed by atoms with Gasteiger partial charge < -0.3 is 47.9 Å². The molecule has 2 aliphatic heterocycles. The Hall–Kier alpha value is -9.03. The molecule has 3 aromatic heterocycles. The van der Waals surface area contributed by atoms with E-state index in [9.17, 15) is 38.4 Å². The van der Waals surface area contributed by atoms with Crippen molar-refractivity contribution in [2.75, 3.05) is 52.9 Å². The van der Waals surface area contributed by atoms with Crippen LogP contribution in [0.25, 0.3) is 88.6 Å². The largest absolute Gasteiger partial charge is 2.00 e. The van der Waals surface area contributed by atoms with Crippen molar-refractivity contribution in [1.82, 2.24) is 19.9 Å². The number of nitrogens with zero attached hydrogens (tertiary/aromatic N) is 4. The van der Waals surface area contributed by atoms with Gasteiger partial charge >= 0.3 is 68.8 Å². The standard InChI is InChI=1S/C76H86N4O16.Pt/c1-9-17-25-89-69(81)53-33-45-46(34-54(53)70(82)90-26-18-10-2)62-42-64-49-37-57(73(85)93-29-21-13-5)58(74(86)94-30-22-14-6)38-50(49)66(79-64)44-68-52-40-60(76(88)96-32-24-16-8)59(75(87)95-31-23-15-7)39-51(52)67(80-68)43-65-48-36-56(72(84)92-28-20-12-4)55(71(83)91-27-19-11-3)35-47(48)63(78-65)41-61(45)77-62;/h33-44H,9-32H2,1-8H3,(H2,77,78,79,80,81,82,83,84,85,86,87,88);/q;+2/p-2. The van der Waals surface area contributed by atoms with Crippen LogP contribution in [-0.2, 0) is 59.0 Å². The van der Waals surface area contributed by atoms with Crippen molar-refractivity contribution in [2.24, 2.45) is 0 Å². The molecule has 514 valence electrons. The van der Waals surface area contributed by atoms with E-state index in [1.807, 2.05) is 55.4 Å². The molecular weight excluding hydrogens is 1420 g/mol. The molecule has 0 saturated carbocycles. The summed E-state index contributed by atoms with van der Waals surface area (Å²) in [5.41, 5.74) is 2.47. The maximum Gasteiger partial charge on any atom is 2.00 e. The van der Waals surface area contributed by atoms with Crippen molar-refractivity contribution < 1.29 is 97.3 Å². The summed E-state index contributed by atoms with van der Waals surface area (Å²) in [5, 5.41) is 1.41. The molecule has 21 heteroatoms. The van der Waals surface area contributed by atoms with Gasteiger partial charge in [-0.25, -0.2) is 48.3 Å². The van der Waals surface area contributed by atoms with E-state index >= 15 is 0 Å². The molecule has 9 rings (SSSR count). The number of rotatable bonds is 32.